The summed E-state index contributed by atoms with van der Waals surface area (Å²) in [4.78, 5) is 63.9. The lowest BCUT2D eigenvalue weighted by molar-refractivity contribution is -0.136. The van der Waals surface area contributed by atoms with Gasteiger partial charge in [-0.1, -0.05) is 42.5 Å². The molecule has 0 spiro atoms. The average Bonchev–Trinajstić information content (AvgIpc) is 3.14. The number of fused-ring (bicyclic) bond motifs is 1. The molecule has 1 saturated heterocycles. The van der Waals surface area contributed by atoms with Crippen LogP contribution in [0.5, 0.6) is 0 Å². The molecular formula is C28H22FN3O5. The van der Waals surface area contributed by atoms with Gasteiger partial charge in [-0.2, -0.15) is 0 Å². The van der Waals surface area contributed by atoms with E-state index in [-0.39, 0.29) is 36.1 Å². The number of amides is 5. The SMILES string of the molecule is O=C1CCC(N2C(=O)c3cccc(-c4ccccc4CCNC(=O)c4cccc(F)c4)c3C2=O)C(=O)N1. The third kappa shape index (κ3) is 4.51. The Morgan fingerprint density at radius 1 is 0.919 bits per heavy atom. The van der Waals surface area contributed by atoms with Gasteiger partial charge in [-0.3, -0.25) is 34.2 Å². The molecule has 3 aromatic carbocycles. The van der Waals surface area contributed by atoms with E-state index < -0.39 is 41.4 Å². The Bertz CT molecular complexity index is 1470. The molecular weight excluding hydrogens is 477 g/mol. The fraction of sp³-hybridized carbons (Fsp3) is 0.179. The number of hydrogen-bond acceptors (Lipinski definition) is 5. The molecule has 3 aromatic rings. The molecule has 1 fully saturated rings. The summed E-state index contributed by atoms with van der Waals surface area (Å²) in [6.07, 6.45) is 0.536. The molecule has 0 radical (unpaired) electrons. The maximum Gasteiger partial charge on any atom is 0.262 e. The lowest BCUT2D eigenvalue weighted by Gasteiger charge is -2.27. The summed E-state index contributed by atoms with van der Waals surface area (Å²) < 4.78 is 13.4. The second-order valence-electron chi connectivity index (χ2n) is 8.85. The number of nitrogens with zero attached hydrogens (tertiary/aromatic N) is 1. The van der Waals surface area contributed by atoms with Crippen molar-refractivity contribution in [3.05, 3.63) is 94.8 Å². The van der Waals surface area contributed by atoms with Crippen molar-refractivity contribution in [3.8, 4) is 11.1 Å². The van der Waals surface area contributed by atoms with Crippen LogP contribution in [0.2, 0.25) is 0 Å². The van der Waals surface area contributed by atoms with Gasteiger partial charge in [0.15, 0.2) is 0 Å². The molecule has 9 heteroatoms. The summed E-state index contributed by atoms with van der Waals surface area (Å²) in [5.41, 5.74) is 2.69. The minimum Gasteiger partial charge on any atom is -0.352 e. The van der Waals surface area contributed by atoms with Crippen LogP contribution in [0, 0.1) is 5.82 Å². The minimum absolute atomic E-state index is 0.0425. The molecule has 37 heavy (non-hydrogen) atoms. The van der Waals surface area contributed by atoms with Gasteiger partial charge in [-0.15, -0.1) is 0 Å². The maximum absolute atomic E-state index is 13.5. The highest BCUT2D eigenvalue weighted by Crippen LogP contribution is 2.36. The van der Waals surface area contributed by atoms with Crippen LogP contribution in [-0.2, 0) is 16.0 Å². The lowest BCUT2D eigenvalue weighted by Crippen LogP contribution is -2.54. The van der Waals surface area contributed by atoms with Gasteiger partial charge in [0.05, 0.1) is 11.1 Å². The van der Waals surface area contributed by atoms with Crippen molar-refractivity contribution in [3.63, 3.8) is 0 Å². The molecule has 2 heterocycles. The van der Waals surface area contributed by atoms with E-state index >= 15 is 0 Å². The molecule has 2 aliphatic rings. The summed E-state index contributed by atoms with van der Waals surface area (Å²) in [5.74, 6) is -3.16. The number of piperidine rings is 1. The highest BCUT2D eigenvalue weighted by atomic mass is 19.1. The summed E-state index contributed by atoms with van der Waals surface area (Å²) in [5, 5.41) is 4.97. The highest BCUT2D eigenvalue weighted by molar-refractivity contribution is 6.25. The van der Waals surface area contributed by atoms with Crippen molar-refractivity contribution in [2.75, 3.05) is 6.54 Å². The van der Waals surface area contributed by atoms with E-state index in [0.717, 1.165) is 16.5 Å². The first-order valence-electron chi connectivity index (χ1n) is 11.8. The summed E-state index contributed by atoms with van der Waals surface area (Å²) in [7, 11) is 0. The first-order valence-corrected chi connectivity index (χ1v) is 11.8. The fourth-order valence-electron chi connectivity index (χ4n) is 4.78. The molecule has 5 rings (SSSR count). The number of benzene rings is 3. The average molecular weight is 499 g/mol. The van der Waals surface area contributed by atoms with Crippen LogP contribution in [0.3, 0.4) is 0 Å². The van der Waals surface area contributed by atoms with Crippen molar-refractivity contribution in [2.24, 2.45) is 0 Å². The van der Waals surface area contributed by atoms with Gasteiger partial charge in [0.2, 0.25) is 11.8 Å². The van der Waals surface area contributed by atoms with E-state index in [1.807, 2.05) is 24.3 Å². The van der Waals surface area contributed by atoms with Gasteiger partial charge in [0.25, 0.3) is 17.7 Å². The van der Waals surface area contributed by atoms with E-state index in [4.69, 9.17) is 0 Å². The molecule has 2 aliphatic heterocycles. The molecule has 2 N–H and O–H groups in total. The lowest BCUT2D eigenvalue weighted by atomic mass is 9.92. The second kappa shape index (κ2) is 9.77. The van der Waals surface area contributed by atoms with E-state index in [1.54, 1.807) is 18.2 Å². The van der Waals surface area contributed by atoms with Gasteiger partial charge in [-0.25, -0.2) is 4.39 Å². The number of carbonyl (C=O) groups is 5. The van der Waals surface area contributed by atoms with Crippen LogP contribution in [0.4, 0.5) is 4.39 Å². The van der Waals surface area contributed by atoms with Gasteiger partial charge >= 0.3 is 0 Å². The first kappa shape index (κ1) is 24.1. The second-order valence-corrected chi connectivity index (χ2v) is 8.85. The molecule has 1 atom stereocenters. The zero-order valence-electron chi connectivity index (χ0n) is 19.6. The molecule has 0 aliphatic carbocycles. The Morgan fingerprint density at radius 2 is 1.65 bits per heavy atom. The van der Waals surface area contributed by atoms with Crippen LogP contribution in [0.25, 0.3) is 11.1 Å². The van der Waals surface area contributed by atoms with Crippen LogP contribution in [0.15, 0.2) is 66.7 Å². The molecule has 8 nitrogen and oxygen atoms in total. The molecule has 5 amide bonds. The zero-order valence-corrected chi connectivity index (χ0v) is 19.6. The smallest absolute Gasteiger partial charge is 0.262 e. The van der Waals surface area contributed by atoms with E-state index in [9.17, 15) is 28.4 Å². The fourth-order valence-corrected chi connectivity index (χ4v) is 4.78. The highest BCUT2D eigenvalue weighted by Gasteiger charge is 2.45. The van der Waals surface area contributed by atoms with Gasteiger partial charge in [-0.05, 0) is 53.8 Å². The van der Waals surface area contributed by atoms with E-state index in [0.29, 0.717) is 17.5 Å². The first-order chi connectivity index (χ1) is 17.8. The molecule has 0 bridgehead atoms. The predicted molar refractivity (Wildman–Crippen MR) is 131 cm³/mol. The number of halogens is 1. The minimum atomic E-state index is -1.05. The predicted octanol–water partition coefficient (Wildman–Crippen LogP) is 2.87. The third-order valence-electron chi connectivity index (χ3n) is 6.54. The normalized spacial score (nSPS) is 17.0. The Kier molecular flexibility index (Phi) is 6.35. The van der Waals surface area contributed by atoms with Crippen molar-refractivity contribution in [1.82, 2.24) is 15.5 Å². The van der Waals surface area contributed by atoms with E-state index in [2.05, 4.69) is 10.6 Å². The number of hydrogen-bond donors (Lipinski definition) is 2. The number of nitrogens with one attached hydrogen (secondary N) is 2. The Labute approximate surface area is 211 Å². The van der Waals surface area contributed by atoms with Gasteiger partial charge < -0.3 is 5.32 Å². The zero-order chi connectivity index (χ0) is 26.1. The number of carbonyl (C=O) groups excluding carboxylic acids is 5. The van der Waals surface area contributed by atoms with Gasteiger partial charge in [0, 0.05) is 18.5 Å². The molecule has 0 saturated carbocycles. The monoisotopic (exact) mass is 499 g/mol. The number of imide groups is 2. The van der Waals surface area contributed by atoms with Crippen LogP contribution < -0.4 is 10.6 Å². The topological polar surface area (TPSA) is 113 Å². The van der Waals surface area contributed by atoms with Crippen molar-refractivity contribution >= 4 is 29.5 Å². The molecule has 0 aromatic heterocycles. The van der Waals surface area contributed by atoms with Crippen molar-refractivity contribution < 1.29 is 28.4 Å². The number of rotatable bonds is 6. The largest absolute Gasteiger partial charge is 0.352 e. The maximum atomic E-state index is 13.5. The van der Waals surface area contributed by atoms with E-state index in [1.165, 1.54) is 18.2 Å². The molecule has 1 unspecified atom stereocenters. The molecule has 186 valence electrons. The van der Waals surface area contributed by atoms with Crippen LogP contribution in [0.1, 0.15) is 49.5 Å². The quantitative estimate of drug-likeness (QED) is 0.507. The van der Waals surface area contributed by atoms with Crippen LogP contribution in [-0.4, -0.2) is 47.0 Å². The Balaban J connectivity index is 1.40. The summed E-state index contributed by atoms with van der Waals surface area (Å²) >= 11 is 0. The Hall–Kier alpha value is -4.66. The van der Waals surface area contributed by atoms with Crippen LogP contribution >= 0.6 is 0 Å². The standard InChI is InChI=1S/C28H22FN3O5/c29-18-7-3-6-17(15-18)25(34)30-14-13-16-5-1-2-8-19(16)20-9-4-10-21-24(20)28(37)32(27(21)36)22-11-12-23(33)31-26(22)35/h1-10,15,22H,11-14H2,(H,30,34)(H,31,33,35). The van der Waals surface area contributed by atoms with Crippen molar-refractivity contribution in [1.29, 1.82) is 0 Å². The third-order valence-corrected chi connectivity index (χ3v) is 6.54. The summed E-state index contributed by atoms with van der Waals surface area (Å²) in [6, 6.07) is 16.7. The van der Waals surface area contributed by atoms with Gasteiger partial charge in [0.1, 0.15) is 11.9 Å². The Morgan fingerprint density at radius 3 is 2.43 bits per heavy atom. The van der Waals surface area contributed by atoms with Crippen molar-refractivity contribution in [2.45, 2.75) is 25.3 Å². The summed E-state index contributed by atoms with van der Waals surface area (Å²) in [6.45, 7) is 0.261.